The Kier molecular flexibility index (Phi) is 5.79. The first kappa shape index (κ1) is 17.2. The molecule has 7 heteroatoms. The number of ether oxygens (including phenoxy) is 2. The van der Waals surface area contributed by atoms with Crippen molar-refractivity contribution in [1.29, 1.82) is 0 Å². The van der Waals surface area contributed by atoms with Gasteiger partial charge in [-0.25, -0.2) is 9.97 Å². The van der Waals surface area contributed by atoms with Gasteiger partial charge in [0.05, 0.1) is 38.4 Å². The zero-order valence-corrected chi connectivity index (χ0v) is 14.3. The third kappa shape index (κ3) is 4.90. The quantitative estimate of drug-likeness (QED) is 0.864. The molecular formula is C18H22N4O3. The lowest BCUT2D eigenvalue weighted by atomic mass is 10.1. The molecule has 0 unspecified atom stereocenters. The summed E-state index contributed by atoms with van der Waals surface area (Å²) in [6, 6.07) is 7.72. The summed E-state index contributed by atoms with van der Waals surface area (Å²) in [5.74, 6) is 1.42. The van der Waals surface area contributed by atoms with Gasteiger partial charge in [-0.1, -0.05) is 12.1 Å². The molecule has 1 aliphatic rings. The third-order valence-corrected chi connectivity index (χ3v) is 4.02. The molecule has 0 radical (unpaired) electrons. The summed E-state index contributed by atoms with van der Waals surface area (Å²) >= 11 is 0. The van der Waals surface area contributed by atoms with E-state index in [-0.39, 0.29) is 5.91 Å². The first-order chi connectivity index (χ1) is 12.2. The van der Waals surface area contributed by atoms with Gasteiger partial charge in [-0.05, 0) is 24.1 Å². The Labute approximate surface area is 147 Å². The molecule has 25 heavy (non-hydrogen) atoms. The van der Waals surface area contributed by atoms with Gasteiger partial charge in [-0.3, -0.25) is 4.79 Å². The van der Waals surface area contributed by atoms with Crippen LogP contribution in [-0.2, 0) is 16.0 Å². The fourth-order valence-electron chi connectivity index (χ4n) is 2.59. The molecule has 2 heterocycles. The number of morpholine rings is 1. The summed E-state index contributed by atoms with van der Waals surface area (Å²) in [7, 11) is 1.63. The number of benzene rings is 1. The van der Waals surface area contributed by atoms with Gasteiger partial charge < -0.3 is 19.7 Å². The van der Waals surface area contributed by atoms with Crippen LogP contribution in [-0.4, -0.2) is 49.3 Å². The molecule has 132 valence electrons. The van der Waals surface area contributed by atoms with Crippen LogP contribution in [0.25, 0.3) is 0 Å². The normalized spacial score (nSPS) is 14.2. The molecule has 1 amide bonds. The molecular weight excluding hydrogens is 320 g/mol. The summed E-state index contributed by atoms with van der Waals surface area (Å²) in [6.07, 6.45) is 4.35. The lowest BCUT2D eigenvalue weighted by Crippen LogP contribution is -2.37. The van der Waals surface area contributed by atoms with Gasteiger partial charge in [0.15, 0.2) is 0 Å². The highest BCUT2D eigenvalue weighted by Gasteiger charge is 2.13. The number of nitrogens with one attached hydrogen (secondary N) is 1. The van der Waals surface area contributed by atoms with E-state index < -0.39 is 0 Å². The average molecular weight is 342 g/mol. The second kappa shape index (κ2) is 8.43. The van der Waals surface area contributed by atoms with E-state index in [1.54, 1.807) is 19.5 Å². The van der Waals surface area contributed by atoms with Crippen LogP contribution in [0.5, 0.6) is 5.75 Å². The minimum atomic E-state index is -0.0569. The molecule has 0 aliphatic carbocycles. The monoisotopic (exact) mass is 342 g/mol. The van der Waals surface area contributed by atoms with Crippen molar-refractivity contribution in [2.75, 3.05) is 43.6 Å². The van der Waals surface area contributed by atoms with Crippen LogP contribution in [0, 0.1) is 0 Å². The molecule has 0 saturated carbocycles. The molecule has 2 aromatic rings. The molecule has 1 saturated heterocycles. The van der Waals surface area contributed by atoms with Gasteiger partial charge in [-0.15, -0.1) is 0 Å². The minimum absolute atomic E-state index is 0.0569. The van der Waals surface area contributed by atoms with E-state index in [0.29, 0.717) is 37.7 Å². The average Bonchev–Trinajstić information content (AvgIpc) is 2.68. The Hall–Kier alpha value is -2.67. The van der Waals surface area contributed by atoms with Crippen LogP contribution in [0.1, 0.15) is 12.0 Å². The lowest BCUT2D eigenvalue weighted by Gasteiger charge is -2.26. The Morgan fingerprint density at radius 3 is 2.52 bits per heavy atom. The van der Waals surface area contributed by atoms with E-state index in [9.17, 15) is 4.79 Å². The second-order valence-corrected chi connectivity index (χ2v) is 5.77. The van der Waals surface area contributed by atoms with E-state index in [1.807, 2.05) is 24.3 Å². The Morgan fingerprint density at radius 1 is 1.20 bits per heavy atom. The maximum absolute atomic E-state index is 12.1. The number of rotatable bonds is 6. The van der Waals surface area contributed by atoms with E-state index in [0.717, 1.165) is 24.4 Å². The minimum Gasteiger partial charge on any atom is -0.497 e. The molecule has 0 spiro atoms. The summed E-state index contributed by atoms with van der Waals surface area (Å²) in [4.78, 5) is 22.8. The predicted molar refractivity (Wildman–Crippen MR) is 95.0 cm³/mol. The van der Waals surface area contributed by atoms with Gasteiger partial charge in [-0.2, -0.15) is 0 Å². The number of hydrogen-bond acceptors (Lipinski definition) is 6. The van der Waals surface area contributed by atoms with Crippen LogP contribution in [0.15, 0.2) is 36.7 Å². The largest absolute Gasteiger partial charge is 0.497 e. The van der Waals surface area contributed by atoms with Crippen molar-refractivity contribution in [2.24, 2.45) is 0 Å². The maximum Gasteiger partial charge on any atom is 0.225 e. The summed E-state index contributed by atoms with van der Waals surface area (Å²) < 4.78 is 10.4. The topological polar surface area (TPSA) is 76.6 Å². The molecule has 3 rings (SSSR count). The van der Waals surface area contributed by atoms with Crippen molar-refractivity contribution < 1.29 is 14.3 Å². The molecule has 0 atom stereocenters. The number of hydrogen-bond donors (Lipinski definition) is 1. The summed E-state index contributed by atoms with van der Waals surface area (Å²) in [6.45, 7) is 2.95. The van der Waals surface area contributed by atoms with Crippen LogP contribution in [0.2, 0.25) is 0 Å². The van der Waals surface area contributed by atoms with Crippen LogP contribution < -0.4 is 15.0 Å². The molecule has 0 bridgehead atoms. The Balaban J connectivity index is 1.48. The van der Waals surface area contributed by atoms with E-state index in [2.05, 4.69) is 20.2 Å². The number of nitrogens with zero attached hydrogens (tertiary/aromatic N) is 3. The highest BCUT2D eigenvalue weighted by molar-refractivity contribution is 5.90. The molecule has 1 aromatic carbocycles. The number of aryl methyl sites for hydroxylation is 1. The maximum atomic E-state index is 12.1. The van der Waals surface area contributed by atoms with E-state index in [1.165, 1.54) is 0 Å². The number of amides is 1. The standard InChI is InChI=1S/C18H22N4O3/c1-24-16-5-2-14(3-6-16)4-7-17(23)21-15-12-19-18(20-13-15)22-8-10-25-11-9-22/h2-3,5-6,12-13H,4,7-11H2,1H3,(H,21,23). The zero-order chi connectivity index (χ0) is 17.5. The molecule has 1 N–H and O–H groups in total. The fraction of sp³-hybridized carbons (Fsp3) is 0.389. The third-order valence-electron chi connectivity index (χ3n) is 4.02. The van der Waals surface area contributed by atoms with Crippen molar-refractivity contribution in [3.05, 3.63) is 42.2 Å². The first-order valence-corrected chi connectivity index (χ1v) is 8.32. The highest BCUT2D eigenvalue weighted by Crippen LogP contribution is 2.14. The summed E-state index contributed by atoms with van der Waals surface area (Å²) in [5, 5.41) is 2.83. The van der Waals surface area contributed by atoms with Crippen molar-refractivity contribution in [2.45, 2.75) is 12.8 Å². The van der Waals surface area contributed by atoms with Crippen molar-refractivity contribution in [1.82, 2.24) is 9.97 Å². The summed E-state index contributed by atoms with van der Waals surface area (Å²) in [5.41, 5.74) is 1.70. The van der Waals surface area contributed by atoms with Gasteiger partial charge in [0.2, 0.25) is 11.9 Å². The van der Waals surface area contributed by atoms with Gasteiger partial charge >= 0.3 is 0 Å². The molecule has 1 fully saturated rings. The molecule has 1 aromatic heterocycles. The number of methoxy groups -OCH3 is 1. The zero-order valence-electron chi connectivity index (χ0n) is 14.3. The highest BCUT2D eigenvalue weighted by atomic mass is 16.5. The number of anilines is 2. The van der Waals surface area contributed by atoms with Gasteiger partial charge in [0.25, 0.3) is 0 Å². The van der Waals surface area contributed by atoms with Crippen molar-refractivity contribution in [3.63, 3.8) is 0 Å². The lowest BCUT2D eigenvalue weighted by molar-refractivity contribution is -0.116. The predicted octanol–water partition coefficient (Wildman–Crippen LogP) is 1.89. The number of aromatic nitrogens is 2. The fourth-order valence-corrected chi connectivity index (χ4v) is 2.59. The van der Waals surface area contributed by atoms with Gasteiger partial charge in [0.1, 0.15) is 5.75 Å². The van der Waals surface area contributed by atoms with Crippen LogP contribution in [0.3, 0.4) is 0 Å². The van der Waals surface area contributed by atoms with E-state index in [4.69, 9.17) is 9.47 Å². The first-order valence-electron chi connectivity index (χ1n) is 8.32. The Morgan fingerprint density at radius 2 is 1.88 bits per heavy atom. The second-order valence-electron chi connectivity index (χ2n) is 5.77. The van der Waals surface area contributed by atoms with Crippen molar-refractivity contribution in [3.8, 4) is 5.75 Å². The smallest absolute Gasteiger partial charge is 0.225 e. The number of carbonyl (C=O) groups excluding carboxylic acids is 1. The van der Waals surface area contributed by atoms with Crippen LogP contribution in [0.4, 0.5) is 11.6 Å². The molecule has 7 nitrogen and oxygen atoms in total. The SMILES string of the molecule is COc1ccc(CCC(=O)Nc2cnc(N3CCOCC3)nc2)cc1. The van der Waals surface area contributed by atoms with Gasteiger partial charge in [0, 0.05) is 19.5 Å². The number of carbonyl (C=O) groups is 1. The molecule has 1 aliphatic heterocycles. The van der Waals surface area contributed by atoms with E-state index >= 15 is 0 Å². The van der Waals surface area contributed by atoms with Crippen molar-refractivity contribution >= 4 is 17.5 Å². The Bertz CT molecular complexity index is 682. The van der Waals surface area contributed by atoms with Crippen LogP contribution >= 0.6 is 0 Å².